The lowest BCUT2D eigenvalue weighted by atomic mass is 10.1. The average molecular weight is 483 g/mol. The lowest BCUT2D eigenvalue weighted by Gasteiger charge is -2.23. The van der Waals surface area contributed by atoms with Gasteiger partial charge < -0.3 is 9.88 Å². The number of fused-ring (bicyclic) bond motifs is 1. The Balaban J connectivity index is 1.49. The summed E-state index contributed by atoms with van der Waals surface area (Å²) in [7, 11) is 0. The third-order valence-electron chi connectivity index (χ3n) is 5.76. The topological polar surface area (TPSA) is 115 Å². The molecule has 36 heavy (non-hydrogen) atoms. The van der Waals surface area contributed by atoms with Crippen molar-refractivity contribution in [1.29, 1.82) is 0 Å². The molecule has 0 bridgehead atoms. The molecule has 182 valence electrons. The Morgan fingerprint density at radius 2 is 1.64 bits per heavy atom. The Morgan fingerprint density at radius 1 is 0.917 bits per heavy atom. The number of carbonyl (C=O) groups is 3. The maximum Gasteiger partial charge on any atom is 0.324 e. The molecule has 0 saturated heterocycles. The zero-order chi connectivity index (χ0) is 25.3. The zero-order valence-electron chi connectivity index (χ0n) is 19.5. The minimum Gasteiger partial charge on any atom is -0.361 e. The number of nitrogens with one attached hydrogen (secondary N) is 3. The largest absolute Gasteiger partial charge is 0.361 e. The number of hydrogen-bond donors (Lipinski definition) is 4. The molecule has 4 N–H and O–H groups in total. The van der Waals surface area contributed by atoms with Crippen LogP contribution in [0.3, 0.4) is 0 Å². The number of hydroxylamine groups is 1. The van der Waals surface area contributed by atoms with Crippen molar-refractivity contribution in [2.75, 3.05) is 6.54 Å². The van der Waals surface area contributed by atoms with E-state index in [1.54, 1.807) is 58.9 Å². The number of aromatic amines is 1. The predicted octanol–water partition coefficient (Wildman–Crippen LogP) is 4.28. The van der Waals surface area contributed by atoms with Crippen LogP contribution in [0, 0.1) is 0 Å². The van der Waals surface area contributed by atoms with Gasteiger partial charge in [0.1, 0.15) is 0 Å². The number of rotatable bonds is 8. The Morgan fingerprint density at radius 3 is 2.39 bits per heavy atom. The number of amides is 4. The molecule has 1 heterocycles. The summed E-state index contributed by atoms with van der Waals surface area (Å²) in [5.74, 6) is -1.08. The van der Waals surface area contributed by atoms with Crippen molar-refractivity contribution in [3.63, 3.8) is 0 Å². The fourth-order valence-corrected chi connectivity index (χ4v) is 3.85. The predicted molar refractivity (Wildman–Crippen MR) is 137 cm³/mol. The third kappa shape index (κ3) is 6.25. The fourth-order valence-electron chi connectivity index (χ4n) is 3.85. The molecule has 4 rings (SSSR count). The van der Waals surface area contributed by atoms with Crippen LogP contribution in [0.1, 0.15) is 27.0 Å². The Hall–Kier alpha value is -4.69. The molecule has 4 aromatic rings. The maximum atomic E-state index is 13.1. The van der Waals surface area contributed by atoms with Gasteiger partial charge in [0, 0.05) is 41.8 Å². The van der Waals surface area contributed by atoms with E-state index in [4.69, 9.17) is 5.21 Å². The minimum atomic E-state index is -0.623. The van der Waals surface area contributed by atoms with Crippen LogP contribution in [-0.4, -0.2) is 39.5 Å². The van der Waals surface area contributed by atoms with Gasteiger partial charge in [-0.1, -0.05) is 60.7 Å². The van der Waals surface area contributed by atoms with Crippen LogP contribution in [0.4, 0.5) is 4.79 Å². The van der Waals surface area contributed by atoms with Gasteiger partial charge in [0.15, 0.2) is 0 Å². The first-order valence-electron chi connectivity index (χ1n) is 11.4. The Labute approximate surface area is 208 Å². The van der Waals surface area contributed by atoms with Crippen molar-refractivity contribution < 1.29 is 19.6 Å². The van der Waals surface area contributed by atoms with Gasteiger partial charge in [0.2, 0.25) is 0 Å². The molecule has 0 aliphatic heterocycles. The van der Waals surface area contributed by atoms with Crippen LogP contribution in [0.25, 0.3) is 17.0 Å². The van der Waals surface area contributed by atoms with Crippen molar-refractivity contribution in [2.24, 2.45) is 0 Å². The van der Waals surface area contributed by atoms with E-state index in [1.165, 1.54) is 6.08 Å². The number of H-pyrrole nitrogens is 1. The monoisotopic (exact) mass is 482 g/mol. The number of urea groups is 1. The molecule has 1 aromatic heterocycles. The van der Waals surface area contributed by atoms with E-state index in [0.29, 0.717) is 18.5 Å². The van der Waals surface area contributed by atoms with E-state index in [0.717, 1.165) is 27.6 Å². The average Bonchev–Trinajstić information content (AvgIpc) is 3.33. The van der Waals surface area contributed by atoms with E-state index in [-0.39, 0.29) is 6.54 Å². The number of imide groups is 1. The molecule has 0 fully saturated rings. The molecule has 4 amide bonds. The molecule has 8 heteroatoms. The first kappa shape index (κ1) is 24.4. The highest BCUT2D eigenvalue weighted by atomic mass is 16.5. The van der Waals surface area contributed by atoms with E-state index >= 15 is 0 Å². The smallest absolute Gasteiger partial charge is 0.324 e. The van der Waals surface area contributed by atoms with Crippen molar-refractivity contribution in [3.8, 4) is 0 Å². The molecule has 0 unspecified atom stereocenters. The summed E-state index contributed by atoms with van der Waals surface area (Å²) in [6.07, 6.45) is 5.33. The number of aromatic nitrogens is 1. The van der Waals surface area contributed by atoms with Gasteiger partial charge in [-0.05, 0) is 47.4 Å². The molecule has 8 nitrogen and oxygen atoms in total. The van der Waals surface area contributed by atoms with Crippen LogP contribution >= 0.6 is 0 Å². The van der Waals surface area contributed by atoms with E-state index in [1.807, 2.05) is 42.6 Å². The van der Waals surface area contributed by atoms with Gasteiger partial charge in [-0.2, -0.15) is 0 Å². The lowest BCUT2D eigenvalue weighted by molar-refractivity contribution is -0.124. The van der Waals surface area contributed by atoms with Crippen molar-refractivity contribution >= 4 is 34.8 Å². The molecular formula is C28H26N4O4. The number of nitrogens with zero attached hydrogens (tertiary/aromatic N) is 1. The van der Waals surface area contributed by atoms with Gasteiger partial charge in [0.05, 0.1) is 0 Å². The van der Waals surface area contributed by atoms with Crippen LogP contribution < -0.4 is 10.8 Å². The van der Waals surface area contributed by atoms with Crippen molar-refractivity contribution in [1.82, 2.24) is 20.7 Å². The van der Waals surface area contributed by atoms with Crippen molar-refractivity contribution in [3.05, 3.63) is 113 Å². The van der Waals surface area contributed by atoms with Gasteiger partial charge >= 0.3 is 6.03 Å². The van der Waals surface area contributed by atoms with Gasteiger partial charge in [0.25, 0.3) is 11.8 Å². The number of hydrogen-bond acceptors (Lipinski definition) is 4. The highest BCUT2D eigenvalue weighted by Gasteiger charge is 2.18. The molecule has 0 atom stereocenters. The highest BCUT2D eigenvalue weighted by Crippen LogP contribution is 2.19. The molecule has 0 aliphatic carbocycles. The maximum absolute atomic E-state index is 13.1. The Kier molecular flexibility index (Phi) is 7.90. The van der Waals surface area contributed by atoms with Gasteiger partial charge in [-0.3, -0.25) is 20.1 Å². The summed E-state index contributed by atoms with van der Waals surface area (Å²) >= 11 is 0. The zero-order valence-corrected chi connectivity index (χ0v) is 19.5. The van der Waals surface area contributed by atoms with E-state index in [2.05, 4.69) is 10.3 Å². The highest BCUT2D eigenvalue weighted by molar-refractivity contribution is 6.04. The lowest BCUT2D eigenvalue weighted by Crippen LogP contribution is -2.43. The molecule has 0 saturated carbocycles. The normalized spacial score (nSPS) is 10.9. The summed E-state index contributed by atoms with van der Waals surface area (Å²) in [5.41, 5.74) is 5.68. The minimum absolute atomic E-state index is 0.289. The summed E-state index contributed by atoms with van der Waals surface area (Å²) < 4.78 is 0. The quantitative estimate of drug-likeness (QED) is 0.170. The number of benzene rings is 3. The summed E-state index contributed by atoms with van der Waals surface area (Å²) in [5, 5.41) is 12.2. The molecular weight excluding hydrogens is 456 g/mol. The molecule has 0 spiro atoms. The number of para-hydroxylation sites is 1. The second kappa shape index (κ2) is 11.6. The summed E-state index contributed by atoms with van der Waals surface area (Å²) in [6.45, 7) is 0.686. The van der Waals surface area contributed by atoms with Crippen LogP contribution in [0.15, 0.2) is 91.1 Å². The number of carbonyl (C=O) groups excluding carboxylic acids is 3. The van der Waals surface area contributed by atoms with Crippen molar-refractivity contribution in [2.45, 2.75) is 13.0 Å². The Bertz CT molecular complexity index is 1380. The SMILES string of the molecule is O=C(C=Cc1ccc(CN(CCc2c[nH]c3ccccc23)C(=O)NC(=O)c2ccccc2)cc1)NO. The van der Waals surface area contributed by atoms with Crippen LogP contribution in [0.2, 0.25) is 0 Å². The van der Waals surface area contributed by atoms with E-state index < -0.39 is 17.8 Å². The molecule has 0 aliphatic rings. The first-order chi connectivity index (χ1) is 17.5. The van der Waals surface area contributed by atoms with Gasteiger partial charge in [-0.15, -0.1) is 0 Å². The third-order valence-corrected chi connectivity index (χ3v) is 5.76. The molecule has 3 aromatic carbocycles. The van der Waals surface area contributed by atoms with E-state index in [9.17, 15) is 14.4 Å². The second-order valence-corrected chi connectivity index (χ2v) is 8.21. The van der Waals surface area contributed by atoms with Crippen LogP contribution in [-0.2, 0) is 17.8 Å². The van der Waals surface area contributed by atoms with Crippen LogP contribution in [0.5, 0.6) is 0 Å². The van der Waals surface area contributed by atoms with Gasteiger partial charge in [-0.25, -0.2) is 10.3 Å². The standard InChI is InChI=1S/C28H26N4O4/c33-26(31-36)15-14-20-10-12-21(13-11-20)19-32(28(35)30-27(34)22-6-2-1-3-7-22)17-16-23-18-29-25-9-5-4-8-24(23)25/h1-15,18,29,36H,16-17,19H2,(H,31,33)(H,30,34,35). The summed E-state index contributed by atoms with van der Waals surface area (Å²) in [4.78, 5) is 41.8. The second-order valence-electron chi connectivity index (χ2n) is 8.21. The fraction of sp³-hybridized carbons (Fsp3) is 0.107. The summed E-state index contributed by atoms with van der Waals surface area (Å²) in [6, 6.07) is 23.4. The molecule has 0 radical (unpaired) electrons. The first-order valence-corrected chi connectivity index (χ1v) is 11.4.